The number of benzene rings is 1. The van der Waals surface area contributed by atoms with Crippen LogP contribution in [-0.2, 0) is 9.53 Å². The molecule has 2 atom stereocenters. The molecule has 19 heavy (non-hydrogen) atoms. The van der Waals surface area contributed by atoms with Crippen LogP contribution in [-0.4, -0.2) is 38.3 Å². The van der Waals surface area contributed by atoms with Crippen LogP contribution in [0.25, 0.3) is 0 Å². The number of rotatable bonds is 4. The van der Waals surface area contributed by atoms with Gasteiger partial charge < -0.3 is 15.0 Å². The second kappa shape index (κ2) is 6.68. The summed E-state index contributed by atoms with van der Waals surface area (Å²) in [6.07, 6.45) is 1.47. The number of carbonyl (C=O) groups excluding carboxylic acids is 1. The SMILES string of the molecule is CCC(=O)N(c1ccccc1)[C@@H]1CCNC[C@@H]1OC. The van der Waals surface area contributed by atoms with E-state index < -0.39 is 0 Å². The Hall–Kier alpha value is -1.39. The van der Waals surface area contributed by atoms with E-state index in [1.165, 1.54) is 0 Å². The van der Waals surface area contributed by atoms with E-state index in [1.807, 2.05) is 42.2 Å². The number of nitrogens with one attached hydrogen (secondary N) is 1. The minimum absolute atomic E-state index is 0.0458. The lowest BCUT2D eigenvalue weighted by molar-refractivity contribution is -0.119. The predicted molar refractivity (Wildman–Crippen MR) is 76.3 cm³/mol. The van der Waals surface area contributed by atoms with Gasteiger partial charge >= 0.3 is 0 Å². The molecule has 4 nitrogen and oxygen atoms in total. The molecule has 1 fully saturated rings. The summed E-state index contributed by atoms with van der Waals surface area (Å²) in [5, 5.41) is 3.32. The van der Waals surface area contributed by atoms with E-state index in [9.17, 15) is 4.79 Å². The van der Waals surface area contributed by atoms with E-state index in [1.54, 1.807) is 7.11 Å². The highest BCUT2D eigenvalue weighted by Gasteiger charge is 2.33. The zero-order valence-corrected chi connectivity index (χ0v) is 11.6. The molecule has 0 saturated carbocycles. The van der Waals surface area contributed by atoms with Gasteiger partial charge in [0.05, 0.1) is 12.1 Å². The third-order valence-corrected chi connectivity index (χ3v) is 3.63. The molecule has 4 heteroatoms. The first-order valence-corrected chi connectivity index (χ1v) is 6.88. The van der Waals surface area contributed by atoms with Gasteiger partial charge in [0.15, 0.2) is 0 Å². The number of anilines is 1. The van der Waals surface area contributed by atoms with Gasteiger partial charge in [-0.2, -0.15) is 0 Å². The Morgan fingerprint density at radius 2 is 2.16 bits per heavy atom. The summed E-state index contributed by atoms with van der Waals surface area (Å²) in [6, 6.07) is 9.99. The molecule has 2 rings (SSSR count). The molecule has 0 spiro atoms. The zero-order chi connectivity index (χ0) is 13.7. The standard InChI is InChI=1S/C15H22N2O2/c1-3-15(18)17(12-7-5-4-6-8-12)13-9-10-16-11-14(13)19-2/h4-8,13-14,16H,3,9-11H2,1-2H3/t13-,14+/m1/s1. The molecular formula is C15H22N2O2. The topological polar surface area (TPSA) is 41.6 Å². The van der Waals surface area contributed by atoms with Crippen molar-refractivity contribution in [1.29, 1.82) is 0 Å². The molecular weight excluding hydrogens is 240 g/mol. The predicted octanol–water partition coefficient (Wildman–Crippen LogP) is 1.81. The Bertz CT molecular complexity index is 408. The van der Waals surface area contributed by atoms with E-state index >= 15 is 0 Å². The summed E-state index contributed by atoms with van der Waals surface area (Å²) in [5.74, 6) is 0.153. The Kier molecular flexibility index (Phi) is 4.93. The summed E-state index contributed by atoms with van der Waals surface area (Å²) in [4.78, 5) is 14.2. The summed E-state index contributed by atoms with van der Waals surface area (Å²) < 4.78 is 5.54. The van der Waals surface area contributed by atoms with Crippen molar-refractivity contribution in [3.8, 4) is 0 Å². The molecule has 1 N–H and O–H groups in total. The van der Waals surface area contributed by atoms with Crippen molar-refractivity contribution in [2.75, 3.05) is 25.1 Å². The van der Waals surface area contributed by atoms with E-state index in [4.69, 9.17) is 4.74 Å². The fourth-order valence-electron chi connectivity index (χ4n) is 2.63. The lowest BCUT2D eigenvalue weighted by atomic mass is 10.00. The summed E-state index contributed by atoms with van der Waals surface area (Å²) in [7, 11) is 1.71. The molecule has 1 heterocycles. The maximum Gasteiger partial charge on any atom is 0.227 e. The van der Waals surface area contributed by atoms with Gasteiger partial charge in [-0.15, -0.1) is 0 Å². The first kappa shape index (κ1) is 14.0. The first-order chi connectivity index (χ1) is 9.27. The van der Waals surface area contributed by atoms with E-state index in [-0.39, 0.29) is 18.1 Å². The van der Waals surface area contributed by atoms with Crippen LogP contribution in [0.3, 0.4) is 0 Å². The van der Waals surface area contributed by atoms with Gasteiger partial charge in [0.2, 0.25) is 5.91 Å². The normalized spacial score (nSPS) is 23.1. The number of amides is 1. The Morgan fingerprint density at radius 3 is 2.79 bits per heavy atom. The fraction of sp³-hybridized carbons (Fsp3) is 0.533. The number of para-hydroxylation sites is 1. The van der Waals surface area contributed by atoms with Crippen molar-refractivity contribution in [1.82, 2.24) is 5.32 Å². The lowest BCUT2D eigenvalue weighted by Gasteiger charge is -2.39. The second-order valence-corrected chi connectivity index (χ2v) is 4.79. The highest BCUT2D eigenvalue weighted by Crippen LogP contribution is 2.23. The third-order valence-electron chi connectivity index (χ3n) is 3.63. The number of carbonyl (C=O) groups is 1. The van der Waals surface area contributed by atoms with Gasteiger partial charge in [-0.05, 0) is 25.1 Å². The van der Waals surface area contributed by atoms with Crippen LogP contribution in [0.15, 0.2) is 30.3 Å². The minimum atomic E-state index is 0.0458. The van der Waals surface area contributed by atoms with E-state index in [0.717, 1.165) is 25.2 Å². The monoisotopic (exact) mass is 262 g/mol. The van der Waals surface area contributed by atoms with Crippen molar-refractivity contribution in [3.63, 3.8) is 0 Å². The molecule has 1 aliphatic heterocycles. The van der Waals surface area contributed by atoms with Gasteiger partial charge in [0.25, 0.3) is 0 Å². The fourth-order valence-corrected chi connectivity index (χ4v) is 2.63. The third kappa shape index (κ3) is 3.14. The maximum atomic E-state index is 12.3. The summed E-state index contributed by atoms with van der Waals surface area (Å²) in [5.41, 5.74) is 0.961. The van der Waals surface area contributed by atoms with Gasteiger partial charge in [-0.25, -0.2) is 0 Å². The van der Waals surface area contributed by atoms with Crippen molar-refractivity contribution in [2.45, 2.75) is 31.9 Å². The lowest BCUT2D eigenvalue weighted by Crippen LogP contribution is -2.55. The summed E-state index contributed by atoms with van der Waals surface area (Å²) in [6.45, 7) is 3.62. The van der Waals surface area contributed by atoms with Crippen LogP contribution in [0.1, 0.15) is 19.8 Å². The quantitative estimate of drug-likeness (QED) is 0.899. The maximum absolute atomic E-state index is 12.3. The first-order valence-electron chi connectivity index (χ1n) is 6.88. The van der Waals surface area contributed by atoms with Crippen LogP contribution in [0, 0.1) is 0 Å². The van der Waals surface area contributed by atoms with Gasteiger partial charge in [0, 0.05) is 25.8 Å². The number of nitrogens with zero attached hydrogens (tertiary/aromatic N) is 1. The zero-order valence-electron chi connectivity index (χ0n) is 11.6. The van der Waals surface area contributed by atoms with Crippen molar-refractivity contribution in [3.05, 3.63) is 30.3 Å². The minimum Gasteiger partial charge on any atom is -0.378 e. The van der Waals surface area contributed by atoms with Crippen LogP contribution in [0.2, 0.25) is 0 Å². The average molecular weight is 262 g/mol. The van der Waals surface area contributed by atoms with E-state index in [0.29, 0.717) is 6.42 Å². The molecule has 0 bridgehead atoms. The molecule has 1 saturated heterocycles. The van der Waals surface area contributed by atoms with Crippen LogP contribution >= 0.6 is 0 Å². The van der Waals surface area contributed by atoms with Gasteiger partial charge in [-0.3, -0.25) is 4.79 Å². The number of hydrogen-bond acceptors (Lipinski definition) is 3. The molecule has 1 aromatic rings. The van der Waals surface area contributed by atoms with Crippen molar-refractivity contribution >= 4 is 11.6 Å². The number of methoxy groups -OCH3 is 1. The Morgan fingerprint density at radius 1 is 1.42 bits per heavy atom. The molecule has 0 aliphatic carbocycles. The van der Waals surface area contributed by atoms with Crippen molar-refractivity contribution in [2.24, 2.45) is 0 Å². The highest BCUT2D eigenvalue weighted by molar-refractivity contribution is 5.93. The second-order valence-electron chi connectivity index (χ2n) is 4.79. The molecule has 1 aromatic carbocycles. The molecule has 0 radical (unpaired) electrons. The highest BCUT2D eigenvalue weighted by atomic mass is 16.5. The molecule has 1 aliphatic rings. The smallest absolute Gasteiger partial charge is 0.227 e. The number of piperidine rings is 1. The van der Waals surface area contributed by atoms with Crippen LogP contribution in [0.4, 0.5) is 5.69 Å². The molecule has 104 valence electrons. The molecule has 1 amide bonds. The van der Waals surface area contributed by atoms with E-state index in [2.05, 4.69) is 5.32 Å². The average Bonchev–Trinajstić information content (AvgIpc) is 2.49. The van der Waals surface area contributed by atoms with Crippen LogP contribution < -0.4 is 10.2 Å². The van der Waals surface area contributed by atoms with Gasteiger partial charge in [0.1, 0.15) is 0 Å². The Labute approximate surface area is 114 Å². The van der Waals surface area contributed by atoms with Gasteiger partial charge in [-0.1, -0.05) is 25.1 Å². The largest absolute Gasteiger partial charge is 0.378 e. The Balaban J connectivity index is 2.29. The number of ether oxygens (including phenoxy) is 1. The molecule has 0 aromatic heterocycles. The van der Waals surface area contributed by atoms with Crippen LogP contribution in [0.5, 0.6) is 0 Å². The van der Waals surface area contributed by atoms with Crippen molar-refractivity contribution < 1.29 is 9.53 Å². The molecule has 0 unspecified atom stereocenters. The summed E-state index contributed by atoms with van der Waals surface area (Å²) >= 11 is 0. The number of hydrogen-bond donors (Lipinski definition) is 1.